The van der Waals surface area contributed by atoms with Gasteiger partial charge in [-0.2, -0.15) is 5.10 Å². The molecular formula is C25H25ClN3NaO3. The monoisotopic (exact) mass is 473 g/mol. The number of hydrogen-bond donors (Lipinski definition) is 2. The molecule has 0 saturated heterocycles. The summed E-state index contributed by atoms with van der Waals surface area (Å²) in [4.78, 5) is 23.4. The first kappa shape index (κ1) is 26.9. The second kappa shape index (κ2) is 12.8. The van der Waals surface area contributed by atoms with Crippen LogP contribution in [0.25, 0.3) is 11.1 Å². The topological polar surface area (TPSA) is 93.6 Å². The fraction of sp³-hybridized carbons (Fsp3) is 0.240. The van der Waals surface area contributed by atoms with Crippen molar-refractivity contribution in [3.63, 3.8) is 0 Å². The van der Waals surface area contributed by atoms with Crippen molar-refractivity contribution in [1.82, 2.24) is 5.43 Å². The molecule has 0 bridgehead atoms. The number of rotatable bonds is 8. The molecule has 0 aromatic heterocycles. The van der Waals surface area contributed by atoms with Crippen molar-refractivity contribution in [3.05, 3.63) is 76.3 Å². The van der Waals surface area contributed by atoms with E-state index in [1.54, 1.807) is 36.5 Å². The van der Waals surface area contributed by atoms with Crippen LogP contribution in [0.1, 0.15) is 54.1 Å². The van der Waals surface area contributed by atoms with Crippen molar-refractivity contribution < 1.29 is 44.3 Å². The maximum absolute atomic E-state index is 11.8. The maximum Gasteiger partial charge on any atom is 1.00 e. The Kier molecular flexibility index (Phi) is 10.4. The number of amides is 2. The van der Waals surface area contributed by atoms with Crippen LogP contribution in [0.4, 0.5) is 10.5 Å². The number of aryl methyl sites for hydroxylation is 1. The third-order valence-electron chi connectivity index (χ3n) is 5.16. The molecule has 0 unspecified atom stereocenters. The largest absolute Gasteiger partial charge is 1.00 e. The van der Waals surface area contributed by atoms with Crippen LogP contribution in [-0.4, -0.2) is 18.2 Å². The number of anilines is 1. The summed E-state index contributed by atoms with van der Waals surface area (Å²) in [7, 11) is 0. The molecule has 0 fully saturated rings. The van der Waals surface area contributed by atoms with Gasteiger partial charge in [0.05, 0.1) is 5.97 Å². The number of unbranched alkanes of at least 4 members (excludes halogenated alkanes) is 1. The Labute approximate surface area is 221 Å². The molecule has 1 aromatic carbocycles. The van der Waals surface area contributed by atoms with Gasteiger partial charge in [0.1, 0.15) is 0 Å². The van der Waals surface area contributed by atoms with Gasteiger partial charge in [0.25, 0.3) is 0 Å². The Hall–Kier alpha value is -2.38. The van der Waals surface area contributed by atoms with Crippen LogP contribution >= 0.6 is 11.6 Å². The summed E-state index contributed by atoms with van der Waals surface area (Å²) in [5.74, 6) is -0.821. The molecule has 0 saturated carbocycles. The third kappa shape index (κ3) is 7.57. The van der Waals surface area contributed by atoms with E-state index in [9.17, 15) is 14.7 Å². The molecule has 2 aliphatic rings. The third-order valence-corrected chi connectivity index (χ3v) is 5.41. The van der Waals surface area contributed by atoms with E-state index in [-0.39, 0.29) is 35.1 Å². The SMILES string of the molecule is CC(C)c1ccc2c(CCC/C=N/NC(=O)Nc3ccc(Cl)cc3)cc(C(=O)[O-])c-2cc1.[Na+]. The Balaban J connectivity index is 0.00000385. The smallest absolute Gasteiger partial charge is 0.545 e. The van der Waals surface area contributed by atoms with Gasteiger partial charge in [-0.1, -0.05) is 49.7 Å². The zero-order valence-electron chi connectivity index (χ0n) is 19.0. The van der Waals surface area contributed by atoms with Crippen molar-refractivity contribution in [2.45, 2.75) is 39.0 Å². The Morgan fingerprint density at radius 2 is 1.73 bits per heavy atom. The number of carbonyl (C=O) groups is 2. The Morgan fingerprint density at radius 1 is 1.06 bits per heavy atom. The quantitative estimate of drug-likeness (QED) is 0.227. The molecule has 33 heavy (non-hydrogen) atoms. The normalized spacial score (nSPS) is 10.9. The molecule has 0 atom stereocenters. The number of benzene rings is 1. The van der Waals surface area contributed by atoms with Crippen LogP contribution in [-0.2, 0) is 6.42 Å². The van der Waals surface area contributed by atoms with Gasteiger partial charge < -0.3 is 15.2 Å². The minimum atomic E-state index is -1.17. The van der Waals surface area contributed by atoms with E-state index in [4.69, 9.17) is 11.6 Å². The predicted molar refractivity (Wildman–Crippen MR) is 127 cm³/mol. The van der Waals surface area contributed by atoms with E-state index >= 15 is 0 Å². The van der Waals surface area contributed by atoms with Gasteiger partial charge in [0, 0.05) is 22.5 Å². The van der Waals surface area contributed by atoms with Crippen LogP contribution in [0, 0.1) is 0 Å². The Morgan fingerprint density at radius 3 is 2.36 bits per heavy atom. The first-order valence-electron chi connectivity index (χ1n) is 10.5. The average molecular weight is 474 g/mol. The number of nitrogens with zero attached hydrogens (tertiary/aromatic N) is 1. The maximum atomic E-state index is 11.8. The number of nitrogens with one attached hydrogen (secondary N) is 2. The number of carboxylic acids is 1. The average Bonchev–Trinajstić information content (AvgIpc) is 2.94. The van der Waals surface area contributed by atoms with Gasteiger partial charge in [-0.05, 0) is 77.8 Å². The van der Waals surface area contributed by atoms with Crippen molar-refractivity contribution in [2.24, 2.45) is 5.10 Å². The zero-order chi connectivity index (χ0) is 23.1. The Bertz CT molecular complexity index is 1100. The fourth-order valence-electron chi connectivity index (χ4n) is 3.44. The van der Waals surface area contributed by atoms with E-state index in [0.29, 0.717) is 35.0 Å². The molecule has 1 aromatic rings. The number of hydrazone groups is 1. The summed E-state index contributed by atoms with van der Waals surface area (Å²) in [5.41, 5.74) is 6.98. The van der Waals surface area contributed by atoms with Gasteiger partial charge in [-0.3, -0.25) is 0 Å². The minimum Gasteiger partial charge on any atom is -0.545 e. The van der Waals surface area contributed by atoms with Crippen LogP contribution < -0.4 is 45.4 Å². The standard InChI is InChI=1S/C25H26ClN3O3.Na/c1-16(2)17-6-12-21-18(15-23(24(30)31)22(21)13-7-17)5-3-4-14-27-29-25(32)28-20-10-8-19(26)9-11-20;/h6-16H,3-5H2,1-2H3,(H,30,31)(H2,28,29,32);/q;+1/p-1/b27-14+;. The molecule has 2 N–H and O–H groups in total. The van der Waals surface area contributed by atoms with Gasteiger partial charge in [-0.25, -0.2) is 10.2 Å². The molecule has 3 rings (SSSR count). The van der Waals surface area contributed by atoms with Gasteiger partial charge >= 0.3 is 35.6 Å². The van der Waals surface area contributed by atoms with Gasteiger partial charge in [-0.15, -0.1) is 0 Å². The molecule has 8 heteroatoms. The second-order valence-electron chi connectivity index (χ2n) is 7.80. The minimum absolute atomic E-state index is 0. The molecule has 166 valence electrons. The first-order valence-corrected chi connectivity index (χ1v) is 10.8. The van der Waals surface area contributed by atoms with Crippen molar-refractivity contribution >= 4 is 35.5 Å². The number of halogens is 1. The van der Waals surface area contributed by atoms with E-state index in [1.165, 1.54) is 0 Å². The summed E-state index contributed by atoms with van der Waals surface area (Å²) >= 11 is 5.82. The van der Waals surface area contributed by atoms with Crippen molar-refractivity contribution in [3.8, 4) is 11.1 Å². The molecule has 2 aliphatic carbocycles. The van der Waals surface area contributed by atoms with Crippen LogP contribution in [0.15, 0.2) is 59.7 Å². The molecule has 2 amide bonds. The molecule has 0 radical (unpaired) electrons. The summed E-state index contributed by atoms with van der Waals surface area (Å²) < 4.78 is 0. The molecule has 0 spiro atoms. The molecular weight excluding hydrogens is 449 g/mol. The fourth-order valence-corrected chi connectivity index (χ4v) is 3.57. The molecule has 0 aliphatic heterocycles. The first-order chi connectivity index (χ1) is 15.3. The summed E-state index contributed by atoms with van der Waals surface area (Å²) in [6.07, 6.45) is 3.70. The van der Waals surface area contributed by atoms with Crippen LogP contribution in [0.3, 0.4) is 0 Å². The van der Waals surface area contributed by atoms with Crippen LogP contribution in [0.5, 0.6) is 0 Å². The van der Waals surface area contributed by atoms with Crippen LogP contribution in [0.2, 0.25) is 5.02 Å². The number of carbonyl (C=O) groups excluding carboxylic acids is 2. The number of carboxylic acid groups (broad SMARTS) is 1. The summed E-state index contributed by atoms with van der Waals surface area (Å²) in [6.45, 7) is 4.20. The number of fused-ring (bicyclic) bond motifs is 1. The van der Waals surface area contributed by atoms with Crippen molar-refractivity contribution in [1.29, 1.82) is 0 Å². The number of hydrogen-bond acceptors (Lipinski definition) is 4. The predicted octanol–water partition coefficient (Wildman–Crippen LogP) is 2.07. The number of urea groups is 1. The van der Waals surface area contributed by atoms with Gasteiger partial charge in [0.2, 0.25) is 0 Å². The van der Waals surface area contributed by atoms with E-state index < -0.39 is 12.0 Å². The second-order valence-corrected chi connectivity index (χ2v) is 8.23. The molecule has 0 heterocycles. The van der Waals surface area contributed by atoms with E-state index in [0.717, 1.165) is 23.1 Å². The van der Waals surface area contributed by atoms with Crippen molar-refractivity contribution in [2.75, 3.05) is 5.32 Å². The summed E-state index contributed by atoms with van der Waals surface area (Å²) in [5, 5.41) is 18.8. The summed E-state index contributed by atoms with van der Waals surface area (Å²) in [6, 6.07) is 15.9. The van der Waals surface area contributed by atoms with E-state index in [1.807, 2.05) is 24.3 Å². The molecule has 6 nitrogen and oxygen atoms in total. The number of aromatic carboxylic acids is 1. The van der Waals surface area contributed by atoms with Gasteiger partial charge in [0.15, 0.2) is 0 Å². The zero-order valence-corrected chi connectivity index (χ0v) is 21.8. The van der Waals surface area contributed by atoms with E-state index in [2.05, 4.69) is 29.7 Å².